The number of barbiturate groups is 2. The summed E-state index contributed by atoms with van der Waals surface area (Å²) in [6.45, 7) is 3.72. The van der Waals surface area contributed by atoms with Gasteiger partial charge in [-0.25, -0.2) is 9.59 Å². The highest BCUT2D eigenvalue weighted by molar-refractivity contribution is 6.19. The first-order valence-electron chi connectivity index (χ1n) is 10.9. The Morgan fingerprint density at radius 3 is 1.83 bits per heavy atom. The SMILES string of the molecule is Cc1cc(CC([C@@H]2C(=O)NC(=O)N(C)C2=O)[C@H]2C(=O)NC(=O)N(C)C2=O)c(C)n1-c1ccncc1. The maximum Gasteiger partial charge on any atom is 0.330 e. The second-order valence-corrected chi connectivity index (χ2v) is 8.64. The molecule has 0 aromatic carbocycles. The van der Waals surface area contributed by atoms with Crippen LogP contribution in [0.15, 0.2) is 30.6 Å². The summed E-state index contributed by atoms with van der Waals surface area (Å²) >= 11 is 0. The van der Waals surface area contributed by atoms with Crippen LogP contribution in [-0.2, 0) is 25.6 Å². The molecule has 8 amide bonds. The van der Waals surface area contributed by atoms with Crippen LogP contribution in [0.2, 0.25) is 0 Å². The van der Waals surface area contributed by atoms with Gasteiger partial charge in [-0.05, 0) is 44.0 Å². The number of carbonyl (C=O) groups excluding carboxylic acids is 6. The number of aryl methyl sites for hydroxylation is 1. The van der Waals surface area contributed by atoms with E-state index < -0.39 is 53.4 Å². The molecule has 182 valence electrons. The molecular weight excluding hydrogens is 456 g/mol. The van der Waals surface area contributed by atoms with Crippen LogP contribution in [0.1, 0.15) is 17.0 Å². The van der Waals surface area contributed by atoms with Crippen molar-refractivity contribution >= 4 is 35.7 Å². The summed E-state index contributed by atoms with van der Waals surface area (Å²) in [5, 5.41) is 4.23. The number of rotatable bonds is 5. The van der Waals surface area contributed by atoms with Gasteiger partial charge < -0.3 is 4.57 Å². The zero-order valence-electron chi connectivity index (χ0n) is 19.6. The lowest BCUT2D eigenvalue weighted by Crippen LogP contribution is -2.64. The normalized spacial score (nSPS) is 21.8. The number of aromatic nitrogens is 2. The van der Waals surface area contributed by atoms with E-state index in [0.29, 0.717) is 5.56 Å². The molecule has 0 spiro atoms. The van der Waals surface area contributed by atoms with E-state index in [4.69, 9.17) is 0 Å². The molecule has 0 saturated carbocycles. The van der Waals surface area contributed by atoms with Gasteiger partial charge in [0, 0.05) is 49.5 Å². The summed E-state index contributed by atoms with van der Waals surface area (Å²) in [7, 11) is 2.42. The van der Waals surface area contributed by atoms with Gasteiger partial charge in [-0.1, -0.05) is 0 Å². The van der Waals surface area contributed by atoms with Gasteiger partial charge in [0.15, 0.2) is 0 Å². The fraction of sp³-hybridized carbons (Fsp3) is 0.348. The lowest BCUT2D eigenvalue weighted by Gasteiger charge is -2.38. The molecule has 12 heteroatoms. The number of nitrogens with zero attached hydrogens (tertiary/aromatic N) is 4. The Labute approximate surface area is 200 Å². The van der Waals surface area contributed by atoms with E-state index in [0.717, 1.165) is 26.9 Å². The van der Waals surface area contributed by atoms with Gasteiger partial charge in [0.05, 0.1) is 0 Å². The molecule has 35 heavy (non-hydrogen) atoms. The molecule has 2 aliphatic heterocycles. The van der Waals surface area contributed by atoms with Crippen molar-refractivity contribution in [1.82, 2.24) is 30.0 Å². The zero-order valence-corrected chi connectivity index (χ0v) is 19.6. The number of urea groups is 2. The minimum absolute atomic E-state index is 0.0114. The number of nitrogens with one attached hydrogen (secondary N) is 2. The maximum absolute atomic E-state index is 13.1. The Balaban J connectivity index is 1.81. The molecule has 0 bridgehead atoms. The van der Waals surface area contributed by atoms with E-state index in [1.54, 1.807) is 12.4 Å². The quantitative estimate of drug-likeness (QED) is 0.584. The molecule has 2 N–H and O–H groups in total. The molecular formula is C23H24N6O6. The maximum atomic E-state index is 13.1. The number of amides is 8. The topological polar surface area (TPSA) is 151 Å². The average Bonchev–Trinajstić information content (AvgIpc) is 3.09. The van der Waals surface area contributed by atoms with Crippen molar-refractivity contribution in [3.8, 4) is 5.69 Å². The van der Waals surface area contributed by atoms with Crippen LogP contribution in [0.25, 0.3) is 5.69 Å². The summed E-state index contributed by atoms with van der Waals surface area (Å²) in [6.07, 6.45) is 3.28. The molecule has 2 aromatic heterocycles. The van der Waals surface area contributed by atoms with Crippen LogP contribution in [0.4, 0.5) is 9.59 Å². The van der Waals surface area contributed by atoms with Crippen molar-refractivity contribution in [2.45, 2.75) is 20.3 Å². The summed E-state index contributed by atoms with van der Waals surface area (Å²) < 4.78 is 1.95. The van der Waals surface area contributed by atoms with Crippen LogP contribution < -0.4 is 10.6 Å². The largest absolute Gasteiger partial charge is 0.330 e. The zero-order chi connectivity index (χ0) is 25.6. The molecule has 0 aliphatic carbocycles. The number of hydrogen-bond donors (Lipinski definition) is 2. The average molecular weight is 480 g/mol. The second-order valence-electron chi connectivity index (χ2n) is 8.64. The highest BCUT2D eigenvalue weighted by Crippen LogP contribution is 2.34. The number of imide groups is 4. The molecule has 1 unspecified atom stereocenters. The van der Waals surface area contributed by atoms with Crippen LogP contribution in [0.5, 0.6) is 0 Å². The van der Waals surface area contributed by atoms with Crippen molar-refractivity contribution < 1.29 is 28.8 Å². The standard InChI is InChI=1S/C23H24N6O6/c1-11-9-13(12(2)29(11)14-5-7-24-8-6-14)10-15(16-18(30)25-22(34)27(3)20(16)32)17-19(31)26-23(35)28(4)21(17)33/h5-9,15-17H,10H2,1-4H3,(H,25,30,34)(H,26,31,35)/t15?,16-,17+. The molecule has 3 atom stereocenters. The van der Waals surface area contributed by atoms with Crippen LogP contribution in [0, 0.1) is 31.6 Å². The Morgan fingerprint density at radius 1 is 0.857 bits per heavy atom. The molecule has 2 saturated heterocycles. The lowest BCUT2D eigenvalue weighted by molar-refractivity contribution is -0.150. The summed E-state index contributed by atoms with van der Waals surface area (Å²) in [6, 6.07) is 3.70. The van der Waals surface area contributed by atoms with E-state index in [2.05, 4.69) is 15.6 Å². The molecule has 4 rings (SSSR count). The van der Waals surface area contributed by atoms with Crippen LogP contribution >= 0.6 is 0 Å². The van der Waals surface area contributed by atoms with Crippen molar-refractivity contribution in [2.75, 3.05) is 14.1 Å². The van der Waals surface area contributed by atoms with E-state index in [-0.39, 0.29) is 6.42 Å². The third kappa shape index (κ3) is 3.96. The highest BCUT2D eigenvalue weighted by Gasteiger charge is 2.52. The Hall–Kier alpha value is -4.35. The van der Waals surface area contributed by atoms with E-state index in [9.17, 15) is 28.8 Å². The van der Waals surface area contributed by atoms with Gasteiger partial charge in [-0.2, -0.15) is 0 Å². The van der Waals surface area contributed by atoms with E-state index in [1.165, 1.54) is 14.1 Å². The molecule has 4 heterocycles. The number of hydrogen-bond acceptors (Lipinski definition) is 7. The first-order chi connectivity index (χ1) is 16.5. The molecule has 2 aromatic rings. The van der Waals surface area contributed by atoms with E-state index >= 15 is 0 Å². The molecule has 12 nitrogen and oxygen atoms in total. The predicted molar refractivity (Wildman–Crippen MR) is 120 cm³/mol. The molecule has 0 radical (unpaired) electrons. The van der Waals surface area contributed by atoms with Gasteiger partial charge in [-0.15, -0.1) is 0 Å². The third-order valence-corrected chi connectivity index (χ3v) is 6.60. The van der Waals surface area contributed by atoms with Crippen molar-refractivity contribution in [2.24, 2.45) is 17.8 Å². The van der Waals surface area contributed by atoms with Crippen LogP contribution in [-0.4, -0.2) is 69.1 Å². The van der Waals surface area contributed by atoms with Gasteiger partial charge >= 0.3 is 12.1 Å². The lowest BCUT2D eigenvalue weighted by atomic mass is 9.74. The Bertz CT molecular complexity index is 1220. The summed E-state index contributed by atoms with van der Waals surface area (Å²) in [4.78, 5) is 81.3. The van der Waals surface area contributed by atoms with Crippen molar-refractivity contribution in [1.29, 1.82) is 0 Å². The van der Waals surface area contributed by atoms with Gasteiger partial charge in [0.2, 0.25) is 23.6 Å². The van der Waals surface area contributed by atoms with Crippen molar-refractivity contribution in [3.63, 3.8) is 0 Å². The Morgan fingerprint density at radius 2 is 1.34 bits per heavy atom. The fourth-order valence-electron chi connectivity index (χ4n) is 4.74. The number of carbonyl (C=O) groups is 6. The fourth-order valence-corrected chi connectivity index (χ4v) is 4.74. The highest BCUT2D eigenvalue weighted by atomic mass is 16.2. The van der Waals surface area contributed by atoms with Gasteiger partial charge in [-0.3, -0.25) is 44.6 Å². The third-order valence-electron chi connectivity index (χ3n) is 6.60. The van der Waals surface area contributed by atoms with Gasteiger partial charge in [0.1, 0.15) is 11.8 Å². The second kappa shape index (κ2) is 8.78. The first-order valence-corrected chi connectivity index (χ1v) is 10.9. The smallest absolute Gasteiger partial charge is 0.318 e. The minimum Gasteiger partial charge on any atom is -0.318 e. The number of pyridine rings is 1. The summed E-state index contributed by atoms with van der Waals surface area (Å²) in [5.41, 5.74) is 3.16. The monoisotopic (exact) mass is 480 g/mol. The van der Waals surface area contributed by atoms with Gasteiger partial charge in [0.25, 0.3) is 0 Å². The summed E-state index contributed by atoms with van der Waals surface area (Å²) in [5.74, 6) is -7.60. The minimum atomic E-state index is -1.50. The van der Waals surface area contributed by atoms with E-state index in [1.807, 2.05) is 36.6 Å². The Kier molecular flexibility index (Phi) is 5.97. The molecule has 2 fully saturated rings. The predicted octanol–water partition coefficient (Wildman–Crippen LogP) is 0.297. The van der Waals surface area contributed by atoms with Crippen LogP contribution in [0.3, 0.4) is 0 Å². The molecule has 2 aliphatic rings. The van der Waals surface area contributed by atoms with Crippen molar-refractivity contribution in [3.05, 3.63) is 47.5 Å². The first kappa shape index (κ1) is 23.8.